The van der Waals surface area contributed by atoms with Crippen LogP contribution in [-0.2, 0) is 42.4 Å². The van der Waals surface area contributed by atoms with Crippen LogP contribution >= 0.6 is 23.2 Å². The third kappa shape index (κ3) is 15.0. The fourth-order valence-corrected chi connectivity index (χ4v) is 11.6. The molecule has 0 radical (unpaired) electrons. The molecule has 13 nitrogen and oxygen atoms in total. The highest BCUT2D eigenvalue weighted by Gasteiger charge is 2.31. The Morgan fingerprint density at radius 2 is 1.21 bits per heavy atom. The number of carbonyl (C=O) groups excluding carboxylic acids is 4. The summed E-state index contributed by atoms with van der Waals surface area (Å²) in [4.78, 5) is 51.7. The fourth-order valence-electron chi connectivity index (χ4n) is 10.5. The number of hydrogen-bond acceptors (Lipinski definition) is 8. The highest BCUT2D eigenvalue weighted by Crippen LogP contribution is 2.46. The van der Waals surface area contributed by atoms with Crippen LogP contribution in [0.1, 0.15) is 165 Å². The molecule has 2 fully saturated rings. The summed E-state index contributed by atoms with van der Waals surface area (Å²) in [6, 6.07) is 26.3. The van der Waals surface area contributed by atoms with Gasteiger partial charge in [-0.15, -0.1) is 0 Å². The molecule has 77 heavy (non-hydrogen) atoms. The summed E-state index contributed by atoms with van der Waals surface area (Å²) in [7, 11) is -1.23. The monoisotopic (exact) mass is 1110 g/mol. The Balaban J connectivity index is 0.000000319. The van der Waals surface area contributed by atoms with Crippen LogP contribution in [0.15, 0.2) is 97.1 Å². The second-order valence-corrected chi connectivity index (χ2v) is 22.9. The van der Waals surface area contributed by atoms with Gasteiger partial charge in [0.25, 0.3) is 5.91 Å². The number of methoxy groups -OCH3 is 1. The van der Waals surface area contributed by atoms with Gasteiger partial charge in [-0.05, 0) is 135 Å². The topological polar surface area (TPSA) is 158 Å². The lowest BCUT2D eigenvalue weighted by Crippen LogP contribution is -2.41. The number of carbonyl (C=O) groups is 4. The molecule has 3 heterocycles. The van der Waals surface area contributed by atoms with E-state index in [1.807, 2.05) is 109 Å². The first-order chi connectivity index (χ1) is 34.9. The smallest absolute Gasteiger partial charge is 0.338 e. The van der Waals surface area contributed by atoms with Crippen LogP contribution in [0.5, 0.6) is 0 Å². The molecule has 418 valence electrons. The Hall–Kier alpha value is -5.93. The predicted molar refractivity (Wildman–Crippen MR) is 316 cm³/mol. The Morgan fingerprint density at radius 1 is 0.688 bits per heavy atom. The Kier molecular flexibility index (Phi) is 22.8. The van der Waals surface area contributed by atoms with Gasteiger partial charge in [0.1, 0.15) is 18.7 Å². The number of benzene rings is 4. The second kappa shape index (κ2) is 27.6. The minimum atomic E-state index is -4.03. The summed E-state index contributed by atoms with van der Waals surface area (Å²) >= 11 is 12.4. The van der Waals surface area contributed by atoms with Gasteiger partial charge in [0.2, 0.25) is 5.91 Å². The maximum atomic E-state index is 13.2. The number of likely N-dealkylation sites (N-methyl/N-ethyl adjacent to an activating group) is 1. The zero-order valence-electron chi connectivity index (χ0n) is 42.3. The van der Waals surface area contributed by atoms with E-state index in [4.69, 9.17) is 32.7 Å². The van der Waals surface area contributed by atoms with Crippen LogP contribution in [0, 0.1) is 0 Å². The van der Waals surface area contributed by atoms with Gasteiger partial charge in [-0.25, -0.2) is 9.52 Å². The molecule has 1 aliphatic heterocycles. The number of amides is 2. The number of ether oxygens (including phenoxy) is 2. The number of hydrogen-bond donors (Lipinski definition) is 2. The maximum Gasteiger partial charge on any atom is 0.338 e. The molecule has 2 N–H and O–H groups in total. The summed E-state index contributed by atoms with van der Waals surface area (Å²) in [5.41, 5.74) is 7.89. The van der Waals surface area contributed by atoms with Crippen LogP contribution in [0.3, 0.4) is 0 Å². The number of esters is 2. The molecule has 9 rings (SSSR count). The highest BCUT2D eigenvalue weighted by atomic mass is 35.5. The fraction of sp³-hybridized carbons (Fsp3) is 0.443. The zero-order chi connectivity index (χ0) is 52.0. The van der Waals surface area contributed by atoms with E-state index in [1.54, 1.807) is 18.2 Å². The number of nitrogens with zero attached hydrogens (tertiary/aromatic N) is 3. The standard InChI is InChI=1S/C29H33ClN4O4S.C28H32ClNO4.4CH4/c1-33-17-7-3-6-16-31-26(35)19-34-25-18-22(29(36)32-39(33,37)38)12-15-24(25)27(20-8-4-2-5-9-20)28(34)21-10-13-23(30)14-11-21;1-28(2,3)34-27(32)20-12-15-22-23(16-20)30(17-24(31)33-4)26(19-10-13-21(29)14-11-19)25(22)18-8-6-5-7-9-18;;;;/h3,7,10-15,18,20H,2,4-6,8-9,16-17,19H2,1H3,(H,31,35)(H,32,36);10-16,18H,5-9,17H2,1-4H3;4*1H4/b7-3-;;;;;. The molecule has 2 bridgehead atoms. The van der Waals surface area contributed by atoms with E-state index >= 15 is 0 Å². The molecule has 0 unspecified atom stereocenters. The van der Waals surface area contributed by atoms with E-state index in [2.05, 4.69) is 10.0 Å². The number of nitrogens with one attached hydrogen (secondary N) is 2. The van der Waals surface area contributed by atoms with Crippen LogP contribution in [0.2, 0.25) is 10.0 Å². The van der Waals surface area contributed by atoms with Crippen molar-refractivity contribution in [1.29, 1.82) is 0 Å². The number of fused-ring (bicyclic) bond motifs is 2. The number of halogens is 2. The van der Waals surface area contributed by atoms with Gasteiger partial charge in [0, 0.05) is 46.5 Å². The lowest BCUT2D eigenvalue weighted by atomic mass is 9.82. The van der Waals surface area contributed by atoms with E-state index in [0.717, 1.165) is 87.2 Å². The summed E-state index contributed by atoms with van der Waals surface area (Å²) in [5.74, 6) is -0.883. The quantitative estimate of drug-likeness (QED) is 0.118. The molecule has 0 spiro atoms. The van der Waals surface area contributed by atoms with E-state index in [0.29, 0.717) is 40.4 Å². The third-order valence-electron chi connectivity index (χ3n) is 14.0. The molecule has 16 heteroatoms. The van der Waals surface area contributed by atoms with E-state index < -0.39 is 21.7 Å². The molecule has 2 amide bonds. The molecule has 0 saturated heterocycles. The summed E-state index contributed by atoms with van der Waals surface area (Å²) in [6.45, 7) is 6.20. The van der Waals surface area contributed by atoms with Crippen LogP contribution in [0.25, 0.3) is 44.3 Å². The van der Waals surface area contributed by atoms with Crippen LogP contribution in [-0.4, -0.2) is 78.5 Å². The summed E-state index contributed by atoms with van der Waals surface area (Å²) in [6.07, 6.45) is 15.5. The normalized spacial score (nSPS) is 17.0. The van der Waals surface area contributed by atoms with Crippen molar-refractivity contribution in [3.63, 3.8) is 0 Å². The Morgan fingerprint density at radius 3 is 1.77 bits per heavy atom. The van der Waals surface area contributed by atoms with Crippen LogP contribution < -0.4 is 10.0 Å². The molecular weight excluding hydrogens is 1030 g/mol. The molecule has 2 aliphatic carbocycles. The molecule has 2 aromatic heterocycles. The molecular formula is C61H81Cl2N5O8S. The molecule has 0 atom stereocenters. The first-order valence-electron chi connectivity index (χ1n) is 25.3. The summed E-state index contributed by atoms with van der Waals surface area (Å²) < 4.78 is 43.4. The van der Waals surface area contributed by atoms with Crippen molar-refractivity contribution in [2.75, 3.05) is 27.2 Å². The average molecular weight is 1120 g/mol. The van der Waals surface area contributed by atoms with Gasteiger partial charge in [-0.2, -0.15) is 12.7 Å². The number of aromatic nitrogens is 2. The first-order valence-corrected chi connectivity index (χ1v) is 27.5. The van der Waals surface area contributed by atoms with Crippen molar-refractivity contribution in [3.05, 3.63) is 129 Å². The maximum absolute atomic E-state index is 13.2. The van der Waals surface area contributed by atoms with Crippen molar-refractivity contribution in [2.24, 2.45) is 0 Å². The van der Waals surface area contributed by atoms with Gasteiger partial charge in [0.05, 0.1) is 35.1 Å². The molecule has 4 aromatic carbocycles. The van der Waals surface area contributed by atoms with Crippen molar-refractivity contribution in [2.45, 2.75) is 152 Å². The Bertz CT molecular complexity index is 3140. The van der Waals surface area contributed by atoms with E-state index in [-0.39, 0.29) is 72.8 Å². The lowest BCUT2D eigenvalue weighted by Gasteiger charge is -2.23. The van der Waals surface area contributed by atoms with Crippen molar-refractivity contribution < 1.29 is 37.1 Å². The van der Waals surface area contributed by atoms with Crippen molar-refractivity contribution >= 4 is 79.0 Å². The third-order valence-corrected chi connectivity index (χ3v) is 15.9. The van der Waals surface area contributed by atoms with Crippen molar-refractivity contribution in [3.8, 4) is 22.5 Å². The second-order valence-electron chi connectivity index (χ2n) is 20.2. The average Bonchev–Trinajstić information content (AvgIpc) is 3.88. The highest BCUT2D eigenvalue weighted by molar-refractivity contribution is 7.87. The zero-order valence-corrected chi connectivity index (χ0v) is 44.6. The first kappa shape index (κ1) is 63.6. The SMILES string of the molecule is C.C.C.C.CN1C/C=C\CCNC(=O)Cn2c(-c3ccc(Cl)cc3)c(C3CCCCC3)c3ccc(cc32)C(=O)NS1(=O)=O.COC(=O)Cn1c(-c2ccc(Cl)cc2)c(C2CCCCC2)c2ccc(C(=O)OC(C)(C)C)cc21. The van der Waals surface area contributed by atoms with Gasteiger partial charge < -0.3 is 23.9 Å². The Labute approximate surface area is 467 Å². The lowest BCUT2D eigenvalue weighted by molar-refractivity contribution is -0.141. The van der Waals surface area contributed by atoms with Gasteiger partial charge >= 0.3 is 22.1 Å². The predicted octanol–water partition coefficient (Wildman–Crippen LogP) is 14.7. The van der Waals surface area contributed by atoms with Crippen LogP contribution in [0.4, 0.5) is 0 Å². The number of rotatable bonds is 7. The minimum Gasteiger partial charge on any atom is -0.468 e. The molecule has 3 aliphatic rings. The van der Waals surface area contributed by atoms with E-state index in [9.17, 15) is 27.6 Å². The van der Waals surface area contributed by atoms with Gasteiger partial charge in [0.15, 0.2) is 0 Å². The molecule has 6 aromatic rings. The molecule has 2 saturated carbocycles. The van der Waals surface area contributed by atoms with Gasteiger partial charge in [-0.3, -0.25) is 14.4 Å². The van der Waals surface area contributed by atoms with E-state index in [1.165, 1.54) is 51.0 Å². The van der Waals surface area contributed by atoms with Crippen molar-refractivity contribution in [1.82, 2.24) is 23.5 Å². The largest absolute Gasteiger partial charge is 0.468 e. The summed E-state index contributed by atoms with van der Waals surface area (Å²) in [5, 5.41) is 6.30. The minimum absolute atomic E-state index is 0. The van der Waals surface area contributed by atoms with Gasteiger partial charge in [-0.1, -0.05) is 140 Å².